The van der Waals surface area contributed by atoms with Crippen molar-refractivity contribution in [1.29, 1.82) is 0 Å². The van der Waals surface area contributed by atoms with E-state index in [2.05, 4.69) is 0 Å². The average molecular weight is 135 g/mol. The van der Waals surface area contributed by atoms with Crippen LogP contribution in [0.4, 0.5) is 8.78 Å². The third-order valence-electron chi connectivity index (χ3n) is 1.41. The fraction of sp³-hybridized carbons (Fsp3) is 0.800. The lowest BCUT2D eigenvalue weighted by molar-refractivity contribution is -0.143. The number of hydrogen-bond donors (Lipinski definition) is 1. The van der Waals surface area contributed by atoms with E-state index < -0.39 is 24.3 Å². The molecule has 2 N–H and O–H groups in total. The van der Waals surface area contributed by atoms with Gasteiger partial charge in [-0.05, 0) is 0 Å². The number of alkyl halides is 2. The summed E-state index contributed by atoms with van der Waals surface area (Å²) in [5.74, 6) is -2.70. The first-order valence-corrected chi connectivity index (χ1v) is 2.61. The van der Waals surface area contributed by atoms with Crippen LogP contribution in [0.15, 0.2) is 0 Å². The van der Waals surface area contributed by atoms with Crippen molar-refractivity contribution < 1.29 is 13.6 Å². The maximum Gasteiger partial charge on any atom is 0.252 e. The molecule has 0 bridgehead atoms. The van der Waals surface area contributed by atoms with E-state index in [1.54, 1.807) is 0 Å². The molecular formula is C5H7F2NO. The molecule has 9 heavy (non-hydrogen) atoms. The van der Waals surface area contributed by atoms with Crippen molar-refractivity contribution in [2.75, 3.05) is 0 Å². The summed E-state index contributed by atoms with van der Waals surface area (Å²) in [6.07, 6.45) is -0.600. The minimum atomic E-state index is -2.70. The lowest BCUT2D eigenvalue weighted by Crippen LogP contribution is -2.59. The Morgan fingerprint density at radius 2 is 1.89 bits per heavy atom. The summed E-state index contributed by atoms with van der Waals surface area (Å²) in [7, 11) is 0. The number of hydrogen-bond acceptors (Lipinski definition) is 2. The molecule has 1 rings (SSSR count). The first-order chi connectivity index (χ1) is 3.97. The van der Waals surface area contributed by atoms with Gasteiger partial charge in [-0.3, -0.25) is 0 Å². The third-order valence-corrected chi connectivity index (χ3v) is 1.41. The second-order valence-corrected chi connectivity index (χ2v) is 2.56. The molecule has 52 valence electrons. The van der Waals surface area contributed by atoms with Crippen LogP contribution in [-0.2, 0) is 4.79 Å². The van der Waals surface area contributed by atoms with Gasteiger partial charge in [-0.1, -0.05) is 0 Å². The van der Waals surface area contributed by atoms with Crippen LogP contribution in [0.1, 0.15) is 12.8 Å². The van der Waals surface area contributed by atoms with Gasteiger partial charge < -0.3 is 10.5 Å². The summed E-state index contributed by atoms with van der Waals surface area (Å²) in [6, 6.07) is 0. The molecule has 2 nitrogen and oxygen atoms in total. The Morgan fingerprint density at radius 1 is 1.44 bits per heavy atom. The van der Waals surface area contributed by atoms with Gasteiger partial charge in [0, 0.05) is 12.8 Å². The molecular weight excluding hydrogens is 128 g/mol. The number of aldehydes is 1. The van der Waals surface area contributed by atoms with Crippen molar-refractivity contribution in [1.82, 2.24) is 0 Å². The highest BCUT2D eigenvalue weighted by atomic mass is 19.3. The first-order valence-electron chi connectivity index (χ1n) is 2.61. The SMILES string of the molecule is NC1(C=O)CC(F)(F)C1. The molecule has 0 unspecified atom stereocenters. The number of carbonyl (C=O) groups excluding carboxylic acids is 1. The molecule has 1 saturated carbocycles. The number of halogens is 2. The van der Waals surface area contributed by atoms with Crippen molar-refractivity contribution >= 4 is 6.29 Å². The maximum absolute atomic E-state index is 12.0. The summed E-state index contributed by atoms with van der Waals surface area (Å²) < 4.78 is 24.0. The molecule has 0 radical (unpaired) electrons. The van der Waals surface area contributed by atoms with Crippen LogP contribution in [0.2, 0.25) is 0 Å². The molecule has 0 aromatic rings. The quantitative estimate of drug-likeness (QED) is 0.526. The fourth-order valence-corrected chi connectivity index (χ4v) is 0.995. The zero-order valence-corrected chi connectivity index (χ0v) is 4.73. The minimum Gasteiger partial charge on any atom is -0.319 e. The summed E-state index contributed by atoms with van der Waals surface area (Å²) in [4.78, 5) is 9.94. The van der Waals surface area contributed by atoms with Crippen molar-refractivity contribution in [3.63, 3.8) is 0 Å². The second kappa shape index (κ2) is 1.50. The highest BCUT2D eigenvalue weighted by molar-refractivity contribution is 5.66. The molecule has 0 spiro atoms. The predicted octanol–water partition coefficient (Wildman–Crippen LogP) is 0.312. The first kappa shape index (κ1) is 6.61. The molecule has 1 fully saturated rings. The molecule has 0 atom stereocenters. The molecule has 0 amide bonds. The summed E-state index contributed by atoms with van der Waals surface area (Å²) >= 11 is 0. The van der Waals surface area contributed by atoms with Crippen LogP contribution in [0, 0.1) is 0 Å². The fourth-order valence-electron chi connectivity index (χ4n) is 0.995. The van der Waals surface area contributed by atoms with Gasteiger partial charge in [0.15, 0.2) is 0 Å². The van der Waals surface area contributed by atoms with Crippen molar-refractivity contribution in [2.45, 2.75) is 24.3 Å². The number of rotatable bonds is 1. The molecule has 0 heterocycles. The Hall–Kier alpha value is -0.510. The van der Waals surface area contributed by atoms with Crippen LogP contribution >= 0.6 is 0 Å². The molecule has 0 aliphatic heterocycles. The van der Waals surface area contributed by atoms with Gasteiger partial charge in [-0.2, -0.15) is 0 Å². The molecule has 0 aromatic carbocycles. The lowest BCUT2D eigenvalue weighted by atomic mass is 9.75. The Kier molecular flexibility index (Phi) is 1.10. The summed E-state index contributed by atoms with van der Waals surface area (Å²) in [5.41, 5.74) is 3.90. The lowest BCUT2D eigenvalue weighted by Gasteiger charge is -2.39. The van der Waals surface area contributed by atoms with Gasteiger partial charge >= 0.3 is 0 Å². The predicted molar refractivity (Wildman–Crippen MR) is 27.2 cm³/mol. The van der Waals surface area contributed by atoms with E-state index >= 15 is 0 Å². The van der Waals surface area contributed by atoms with Crippen molar-refractivity contribution in [3.8, 4) is 0 Å². The second-order valence-electron chi connectivity index (χ2n) is 2.56. The summed E-state index contributed by atoms with van der Waals surface area (Å²) in [5, 5.41) is 0. The van der Waals surface area contributed by atoms with E-state index in [0.717, 1.165) is 0 Å². The van der Waals surface area contributed by atoms with Gasteiger partial charge in [0.2, 0.25) is 0 Å². The zero-order valence-electron chi connectivity index (χ0n) is 4.73. The third kappa shape index (κ3) is 1.08. The Labute approximate surface area is 51.0 Å². The maximum atomic E-state index is 12.0. The van der Waals surface area contributed by atoms with E-state index in [-0.39, 0.29) is 0 Å². The van der Waals surface area contributed by atoms with Crippen LogP contribution in [-0.4, -0.2) is 17.7 Å². The van der Waals surface area contributed by atoms with Crippen LogP contribution < -0.4 is 5.73 Å². The van der Waals surface area contributed by atoms with Crippen molar-refractivity contribution in [2.24, 2.45) is 5.73 Å². The minimum absolute atomic E-state index is 0.393. The van der Waals surface area contributed by atoms with Gasteiger partial charge in [-0.15, -0.1) is 0 Å². The van der Waals surface area contributed by atoms with E-state index in [9.17, 15) is 13.6 Å². The largest absolute Gasteiger partial charge is 0.319 e. The van der Waals surface area contributed by atoms with Gasteiger partial charge in [0.05, 0.1) is 5.54 Å². The molecule has 1 aliphatic carbocycles. The highest BCUT2D eigenvalue weighted by Crippen LogP contribution is 2.42. The Morgan fingerprint density at radius 3 is 2.00 bits per heavy atom. The van der Waals surface area contributed by atoms with Crippen LogP contribution in [0.3, 0.4) is 0 Å². The molecule has 0 saturated heterocycles. The van der Waals surface area contributed by atoms with Crippen molar-refractivity contribution in [3.05, 3.63) is 0 Å². The molecule has 1 aliphatic rings. The summed E-state index contributed by atoms with van der Waals surface area (Å²) in [6.45, 7) is 0. The highest BCUT2D eigenvalue weighted by Gasteiger charge is 2.54. The topological polar surface area (TPSA) is 43.1 Å². The normalized spacial score (nSPS) is 28.8. The van der Waals surface area contributed by atoms with Gasteiger partial charge in [0.25, 0.3) is 5.92 Å². The van der Waals surface area contributed by atoms with E-state index in [1.807, 2.05) is 0 Å². The van der Waals surface area contributed by atoms with Crippen LogP contribution in [0.25, 0.3) is 0 Å². The monoisotopic (exact) mass is 135 g/mol. The smallest absolute Gasteiger partial charge is 0.252 e. The number of nitrogens with two attached hydrogens (primary N) is 1. The zero-order chi connectivity index (χ0) is 7.12. The van der Waals surface area contributed by atoms with Gasteiger partial charge in [0.1, 0.15) is 6.29 Å². The standard InChI is InChI=1S/C5H7F2NO/c6-5(7)1-4(8,2-5)3-9/h3H,1-2,8H2. The molecule has 4 heteroatoms. The number of carbonyl (C=O) groups is 1. The van der Waals surface area contributed by atoms with Crippen LogP contribution in [0.5, 0.6) is 0 Å². The Bertz CT molecular complexity index is 138. The average Bonchev–Trinajstić information content (AvgIpc) is 1.61. The van der Waals surface area contributed by atoms with Gasteiger partial charge in [-0.25, -0.2) is 8.78 Å². The van der Waals surface area contributed by atoms with E-state index in [1.165, 1.54) is 0 Å². The molecule has 0 aromatic heterocycles. The Balaban J connectivity index is 2.50. The van der Waals surface area contributed by atoms with E-state index in [4.69, 9.17) is 5.73 Å². The van der Waals surface area contributed by atoms with E-state index in [0.29, 0.717) is 6.29 Å².